The number of ether oxygens (including phenoxy) is 1. The van der Waals surface area contributed by atoms with Crippen molar-refractivity contribution in [3.8, 4) is 0 Å². The highest BCUT2D eigenvalue weighted by Crippen LogP contribution is 2.33. The highest BCUT2D eigenvalue weighted by Gasteiger charge is 2.24. The molecule has 0 unspecified atom stereocenters. The molecule has 0 bridgehead atoms. The molecule has 0 aromatic heterocycles. The number of nitrogens with one attached hydrogen (secondary N) is 1. The van der Waals surface area contributed by atoms with Crippen LogP contribution in [0.15, 0.2) is 4.99 Å². The third kappa shape index (κ3) is 5.85. The van der Waals surface area contributed by atoms with Gasteiger partial charge in [0.2, 0.25) is 5.91 Å². The number of guanidine groups is 1. The second-order valence-electron chi connectivity index (χ2n) is 7.32. The summed E-state index contributed by atoms with van der Waals surface area (Å²) in [5.74, 6) is 2.24. The highest BCUT2D eigenvalue weighted by molar-refractivity contribution is 5.80. The van der Waals surface area contributed by atoms with Gasteiger partial charge in [-0.2, -0.15) is 0 Å². The average Bonchev–Trinajstić information content (AvgIpc) is 3.48. The molecule has 7 nitrogen and oxygen atoms in total. The molecule has 25 heavy (non-hydrogen) atoms. The first-order valence-electron chi connectivity index (χ1n) is 9.79. The minimum Gasteiger partial charge on any atom is -0.378 e. The molecule has 7 heteroatoms. The molecule has 0 atom stereocenters. The van der Waals surface area contributed by atoms with Gasteiger partial charge in [0, 0.05) is 52.9 Å². The quantitative estimate of drug-likeness (QED) is 0.422. The molecular formula is C18H33N5O2. The number of carbonyl (C=O) groups excluding carboxylic acids is 1. The molecule has 1 saturated carbocycles. The van der Waals surface area contributed by atoms with Gasteiger partial charge in [0.05, 0.1) is 19.8 Å². The smallest absolute Gasteiger partial charge is 0.236 e. The Hall–Kier alpha value is -1.34. The molecule has 1 aliphatic carbocycles. The molecule has 0 aromatic carbocycles. The molecule has 3 aliphatic rings. The summed E-state index contributed by atoms with van der Waals surface area (Å²) in [6, 6.07) is 0. The van der Waals surface area contributed by atoms with Gasteiger partial charge in [0.1, 0.15) is 0 Å². The first-order chi connectivity index (χ1) is 12.3. The maximum absolute atomic E-state index is 12.4. The Balaban J connectivity index is 1.34. The minimum absolute atomic E-state index is 0.235. The fourth-order valence-electron chi connectivity index (χ4n) is 3.55. The number of morpholine rings is 1. The van der Waals surface area contributed by atoms with E-state index in [1.807, 2.05) is 11.9 Å². The Bertz CT molecular complexity index is 452. The van der Waals surface area contributed by atoms with Crippen molar-refractivity contribution >= 4 is 11.9 Å². The lowest BCUT2D eigenvalue weighted by molar-refractivity contribution is -0.136. The molecule has 2 heterocycles. The number of amides is 1. The van der Waals surface area contributed by atoms with Crippen LogP contribution >= 0.6 is 0 Å². The standard InChI is InChI=1S/C18H33N5O2/c1-19-18(20-6-2-3-16-4-5-16)23-9-7-21(8-10-23)15-17(24)22-11-13-25-14-12-22/h16H,2-15H2,1H3,(H,19,20). The number of aliphatic imine (C=N–C) groups is 1. The van der Waals surface area contributed by atoms with Crippen LogP contribution in [-0.4, -0.2) is 99.2 Å². The van der Waals surface area contributed by atoms with Gasteiger partial charge in [-0.05, 0) is 18.8 Å². The van der Waals surface area contributed by atoms with E-state index in [2.05, 4.69) is 20.1 Å². The Labute approximate surface area is 151 Å². The molecule has 3 rings (SSSR count). The summed E-state index contributed by atoms with van der Waals surface area (Å²) < 4.78 is 5.32. The molecule has 2 saturated heterocycles. The summed E-state index contributed by atoms with van der Waals surface area (Å²) in [5.41, 5.74) is 0. The van der Waals surface area contributed by atoms with E-state index < -0.39 is 0 Å². The molecule has 2 aliphatic heterocycles. The van der Waals surface area contributed by atoms with E-state index >= 15 is 0 Å². The first kappa shape index (κ1) is 18.5. The number of hydrogen-bond donors (Lipinski definition) is 1. The Morgan fingerprint density at radius 2 is 1.80 bits per heavy atom. The van der Waals surface area contributed by atoms with Crippen molar-refractivity contribution in [2.75, 3.05) is 72.6 Å². The van der Waals surface area contributed by atoms with E-state index in [1.54, 1.807) is 0 Å². The van der Waals surface area contributed by atoms with Crippen molar-refractivity contribution in [2.45, 2.75) is 25.7 Å². The van der Waals surface area contributed by atoms with Crippen molar-refractivity contribution in [3.63, 3.8) is 0 Å². The lowest BCUT2D eigenvalue weighted by Crippen LogP contribution is -2.55. The molecule has 3 fully saturated rings. The molecule has 1 amide bonds. The van der Waals surface area contributed by atoms with Crippen LogP contribution in [0.4, 0.5) is 0 Å². The Kier molecular flexibility index (Phi) is 6.93. The fraction of sp³-hybridized carbons (Fsp3) is 0.889. The van der Waals surface area contributed by atoms with Gasteiger partial charge < -0.3 is 19.9 Å². The van der Waals surface area contributed by atoms with Crippen LogP contribution in [0.3, 0.4) is 0 Å². The lowest BCUT2D eigenvalue weighted by Gasteiger charge is -2.37. The predicted molar refractivity (Wildman–Crippen MR) is 98.7 cm³/mol. The van der Waals surface area contributed by atoms with Crippen LogP contribution in [0.1, 0.15) is 25.7 Å². The number of rotatable bonds is 6. The zero-order chi connectivity index (χ0) is 17.5. The van der Waals surface area contributed by atoms with E-state index in [4.69, 9.17) is 4.74 Å². The second-order valence-corrected chi connectivity index (χ2v) is 7.32. The monoisotopic (exact) mass is 351 g/mol. The van der Waals surface area contributed by atoms with E-state index in [0.717, 1.165) is 57.7 Å². The molecule has 0 radical (unpaired) electrons. The zero-order valence-electron chi connectivity index (χ0n) is 15.6. The minimum atomic E-state index is 0.235. The topological polar surface area (TPSA) is 60.4 Å². The zero-order valence-corrected chi connectivity index (χ0v) is 15.6. The Morgan fingerprint density at radius 1 is 1.08 bits per heavy atom. The molecular weight excluding hydrogens is 318 g/mol. The highest BCUT2D eigenvalue weighted by atomic mass is 16.5. The van der Waals surface area contributed by atoms with Gasteiger partial charge in [0.15, 0.2) is 5.96 Å². The van der Waals surface area contributed by atoms with Crippen molar-refractivity contribution in [1.82, 2.24) is 20.0 Å². The number of piperazine rings is 1. The molecule has 1 N–H and O–H groups in total. The van der Waals surface area contributed by atoms with Crippen LogP contribution in [-0.2, 0) is 9.53 Å². The first-order valence-corrected chi connectivity index (χ1v) is 9.79. The molecule has 0 aromatic rings. The maximum Gasteiger partial charge on any atom is 0.236 e. The number of carbonyl (C=O) groups is 1. The van der Waals surface area contributed by atoms with E-state index in [9.17, 15) is 4.79 Å². The van der Waals surface area contributed by atoms with Crippen molar-refractivity contribution < 1.29 is 9.53 Å². The van der Waals surface area contributed by atoms with Gasteiger partial charge in [0.25, 0.3) is 0 Å². The van der Waals surface area contributed by atoms with E-state index in [0.29, 0.717) is 19.8 Å². The van der Waals surface area contributed by atoms with E-state index in [-0.39, 0.29) is 5.91 Å². The fourth-order valence-corrected chi connectivity index (χ4v) is 3.55. The normalized spacial score (nSPS) is 23.0. The van der Waals surface area contributed by atoms with E-state index in [1.165, 1.54) is 25.7 Å². The van der Waals surface area contributed by atoms with Crippen LogP contribution in [0.2, 0.25) is 0 Å². The lowest BCUT2D eigenvalue weighted by atomic mass is 10.2. The van der Waals surface area contributed by atoms with Crippen LogP contribution in [0.5, 0.6) is 0 Å². The van der Waals surface area contributed by atoms with Crippen molar-refractivity contribution in [2.24, 2.45) is 10.9 Å². The summed E-state index contributed by atoms with van der Waals surface area (Å²) in [4.78, 5) is 23.3. The third-order valence-electron chi connectivity index (χ3n) is 5.38. The number of hydrogen-bond acceptors (Lipinski definition) is 4. The van der Waals surface area contributed by atoms with Gasteiger partial charge in [-0.25, -0.2) is 0 Å². The summed E-state index contributed by atoms with van der Waals surface area (Å²) in [5, 5.41) is 3.50. The van der Waals surface area contributed by atoms with Gasteiger partial charge in [-0.3, -0.25) is 14.7 Å². The summed E-state index contributed by atoms with van der Waals surface area (Å²) >= 11 is 0. The summed E-state index contributed by atoms with van der Waals surface area (Å²) in [6.07, 6.45) is 5.44. The Morgan fingerprint density at radius 3 is 2.44 bits per heavy atom. The molecule has 142 valence electrons. The van der Waals surface area contributed by atoms with Crippen LogP contribution in [0, 0.1) is 5.92 Å². The largest absolute Gasteiger partial charge is 0.378 e. The molecule has 0 spiro atoms. The van der Waals surface area contributed by atoms with Gasteiger partial charge >= 0.3 is 0 Å². The number of nitrogens with zero attached hydrogens (tertiary/aromatic N) is 4. The van der Waals surface area contributed by atoms with Crippen LogP contribution in [0.25, 0.3) is 0 Å². The predicted octanol–water partition coefficient (Wildman–Crippen LogP) is 0.228. The summed E-state index contributed by atoms with van der Waals surface area (Å²) in [6.45, 7) is 8.03. The van der Waals surface area contributed by atoms with Crippen molar-refractivity contribution in [1.29, 1.82) is 0 Å². The van der Waals surface area contributed by atoms with Crippen LogP contribution < -0.4 is 5.32 Å². The van der Waals surface area contributed by atoms with Crippen molar-refractivity contribution in [3.05, 3.63) is 0 Å². The summed E-state index contributed by atoms with van der Waals surface area (Å²) in [7, 11) is 1.86. The van der Waals surface area contributed by atoms with Gasteiger partial charge in [-0.15, -0.1) is 0 Å². The average molecular weight is 351 g/mol. The van der Waals surface area contributed by atoms with Gasteiger partial charge in [-0.1, -0.05) is 12.8 Å². The second kappa shape index (κ2) is 9.38. The maximum atomic E-state index is 12.4. The third-order valence-corrected chi connectivity index (χ3v) is 5.38. The SMILES string of the molecule is CN=C(NCCCC1CC1)N1CCN(CC(=O)N2CCOCC2)CC1.